The summed E-state index contributed by atoms with van der Waals surface area (Å²) in [4.78, 5) is 12.6. The number of fused-ring (bicyclic) bond motifs is 1. The van der Waals surface area contributed by atoms with Gasteiger partial charge >= 0.3 is 0 Å². The Morgan fingerprint density at radius 2 is 1.88 bits per heavy atom. The molecule has 0 aliphatic carbocycles. The first-order valence-corrected chi connectivity index (χ1v) is 9.37. The fourth-order valence-electron chi connectivity index (χ4n) is 2.89. The molecule has 0 radical (unpaired) electrons. The van der Waals surface area contributed by atoms with Gasteiger partial charge in [0.1, 0.15) is 5.69 Å². The zero-order valence-electron chi connectivity index (χ0n) is 14.0. The summed E-state index contributed by atoms with van der Waals surface area (Å²) in [6.07, 6.45) is 0.531. The van der Waals surface area contributed by atoms with E-state index in [1.165, 1.54) is 6.07 Å². The third-order valence-corrected chi connectivity index (χ3v) is 5.19. The van der Waals surface area contributed by atoms with Crippen molar-refractivity contribution in [3.05, 3.63) is 59.8 Å². The molecule has 3 rings (SSSR count). The topological polar surface area (TPSA) is 94.2 Å². The van der Waals surface area contributed by atoms with E-state index in [4.69, 9.17) is 5.14 Å². The molecule has 0 atom stereocenters. The molecule has 3 aromatic rings. The maximum absolute atomic E-state index is 12.6. The van der Waals surface area contributed by atoms with E-state index in [1.54, 1.807) is 22.8 Å². The van der Waals surface area contributed by atoms with Crippen LogP contribution in [0.15, 0.2) is 53.4 Å². The van der Waals surface area contributed by atoms with Crippen molar-refractivity contribution in [2.45, 2.75) is 18.2 Å². The van der Waals surface area contributed by atoms with Gasteiger partial charge < -0.3 is 9.88 Å². The molecule has 0 saturated carbocycles. The number of nitrogens with one attached hydrogen (secondary N) is 1. The minimum absolute atomic E-state index is 0.0323. The number of nitrogens with two attached hydrogens (primary N) is 1. The van der Waals surface area contributed by atoms with Gasteiger partial charge in [-0.2, -0.15) is 0 Å². The number of aromatic nitrogens is 1. The van der Waals surface area contributed by atoms with Gasteiger partial charge in [-0.05, 0) is 36.2 Å². The lowest BCUT2D eigenvalue weighted by atomic mass is 10.1. The van der Waals surface area contributed by atoms with Crippen molar-refractivity contribution in [2.75, 3.05) is 5.32 Å². The van der Waals surface area contributed by atoms with E-state index in [0.717, 1.165) is 10.9 Å². The molecule has 1 heterocycles. The Balaban J connectivity index is 1.96. The number of anilines is 1. The molecule has 0 aliphatic heterocycles. The third-order valence-electron chi connectivity index (χ3n) is 4.20. The molecule has 0 fully saturated rings. The summed E-state index contributed by atoms with van der Waals surface area (Å²) in [6.45, 7) is 1.85. The van der Waals surface area contributed by atoms with Crippen LogP contribution in [0.25, 0.3) is 10.9 Å². The van der Waals surface area contributed by atoms with Crippen molar-refractivity contribution in [1.29, 1.82) is 0 Å². The molecule has 25 heavy (non-hydrogen) atoms. The third kappa shape index (κ3) is 3.29. The SMILES string of the molecule is CCc1ccc(NC(=O)c2cc3ccccc3n2C)cc1S(N)(=O)=O. The van der Waals surface area contributed by atoms with E-state index in [2.05, 4.69) is 5.32 Å². The van der Waals surface area contributed by atoms with Gasteiger partial charge in [-0.15, -0.1) is 0 Å². The van der Waals surface area contributed by atoms with Crippen LogP contribution in [0.1, 0.15) is 23.0 Å². The second-order valence-corrected chi connectivity index (χ2v) is 7.35. The van der Waals surface area contributed by atoms with E-state index >= 15 is 0 Å². The van der Waals surface area contributed by atoms with Crippen LogP contribution in [-0.4, -0.2) is 18.9 Å². The lowest BCUT2D eigenvalue weighted by Gasteiger charge is -2.10. The van der Waals surface area contributed by atoms with Crippen LogP contribution >= 0.6 is 0 Å². The Kier molecular flexibility index (Phi) is 4.36. The zero-order chi connectivity index (χ0) is 18.2. The fraction of sp³-hybridized carbons (Fsp3) is 0.167. The van der Waals surface area contributed by atoms with Crippen molar-refractivity contribution in [3.63, 3.8) is 0 Å². The minimum atomic E-state index is -3.85. The summed E-state index contributed by atoms with van der Waals surface area (Å²) in [5.41, 5.74) is 2.43. The Hall–Kier alpha value is -2.64. The van der Waals surface area contributed by atoms with E-state index in [-0.39, 0.29) is 10.8 Å². The first-order chi connectivity index (χ1) is 11.8. The summed E-state index contributed by atoms with van der Waals surface area (Å²) in [6, 6.07) is 14.2. The Bertz CT molecular complexity index is 1070. The van der Waals surface area contributed by atoms with Gasteiger partial charge in [0.05, 0.1) is 4.90 Å². The zero-order valence-corrected chi connectivity index (χ0v) is 14.8. The molecule has 0 aliphatic rings. The fourth-order valence-corrected chi connectivity index (χ4v) is 3.76. The van der Waals surface area contributed by atoms with Crippen molar-refractivity contribution >= 4 is 32.5 Å². The summed E-state index contributed by atoms with van der Waals surface area (Å²) < 4.78 is 25.3. The van der Waals surface area contributed by atoms with Gasteiger partial charge in [-0.1, -0.05) is 31.2 Å². The van der Waals surface area contributed by atoms with Crippen molar-refractivity contribution < 1.29 is 13.2 Å². The van der Waals surface area contributed by atoms with Crippen LogP contribution in [-0.2, 0) is 23.5 Å². The van der Waals surface area contributed by atoms with Gasteiger partial charge in [0, 0.05) is 23.6 Å². The van der Waals surface area contributed by atoms with Crippen molar-refractivity contribution in [1.82, 2.24) is 4.57 Å². The van der Waals surface area contributed by atoms with Crippen LogP contribution in [0.5, 0.6) is 0 Å². The molecule has 0 bridgehead atoms. The number of hydrogen-bond donors (Lipinski definition) is 2. The van der Waals surface area contributed by atoms with Gasteiger partial charge in [0.2, 0.25) is 10.0 Å². The number of aryl methyl sites for hydroxylation is 2. The summed E-state index contributed by atoms with van der Waals surface area (Å²) >= 11 is 0. The largest absolute Gasteiger partial charge is 0.340 e. The molecule has 0 saturated heterocycles. The molecule has 1 aromatic heterocycles. The van der Waals surface area contributed by atoms with Crippen LogP contribution in [0, 0.1) is 0 Å². The van der Waals surface area contributed by atoms with Crippen LogP contribution < -0.4 is 10.5 Å². The average Bonchev–Trinajstić information content (AvgIpc) is 2.91. The number of hydrogen-bond acceptors (Lipinski definition) is 3. The van der Waals surface area contributed by atoms with Crippen molar-refractivity contribution in [2.24, 2.45) is 12.2 Å². The number of carbonyl (C=O) groups is 1. The van der Waals surface area contributed by atoms with Gasteiger partial charge in [-0.25, -0.2) is 13.6 Å². The highest BCUT2D eigenvalue weighted by Crippen LogP contribution is 2.22. The number of primary sulfonamides is 1. The number of carbonyl (C=O) groups excluding carboxylic acids is 1. The lowest BCUT2D eigenvalue weighted by Crippen LogP contribution is -2.18. The summed E-state index contributed by atoms with van der Waals surface area (Å²) in [5.74, 6) is -0.316. The Labute approximate surface area is 146 Å². The molecule has 0 unspecified atom stereocenters. The Morgan fingerprint density at radius 3 is 2.52 bits per heavy atom. The van der Waals surface area contributed by atoms with E-state index < -0.39 is 10.0 Å². The normalized spacial score (nSPS) is 11.6. The van der Waals surface area contributed by atoms with E-state index in [0.29, 0.717) is 23.4 Å². The molecule has 3 N–H and O–H groups in total. The van der Waals surface area contributed by atoms with Crippen LogP contribution in [0.3, 0.4) is 0 Å². The molecular formula is C18H19N3O3S. The van der Waals surface area contributed by atoms with Gasteiger partial charge in [0.15, 0.2) is 0 Å². The smallest absolute Gasteiger partial charge is 0.272 e. The maximum Gasteiger partial charge on any atom is 0.272 e. The monoisotopic (exact) mass is 357 g/mol. The predicted molar refractivity (Wildman–Crippen MR) is 98.1 cm³/mol. The maximum atomic E-state index is 12.6. The highest BCUT2D eigenvalue weighted by Gasteiger charge is 2.17. The molecule has 130 valence electrons. The highest BCUT2D eigenvalue weighted by atomic mass is 32.2. The van der Waals surface area contributed by atoms with Crippen molar-refractivity contribution in [3.8, 4) is 0 Å². The number of benzene rings is 2. The summed E-state index contributed by atoms with van der Waals surface area (Å²) in [5, 5.41) is 8.98. The number of sulfonamides is 1. The first-order valence-electron chi connectivity index (χ1n) is 7.83. The molecular weight excluding hydrogens is 338 g/mol. The second-order valence-electron chi connectivity index (χ2n) is 5.82. The first kappa shape index (κ1) is 17.2. The number of nitrogens with zero attached hydrogens (tertiary/aromatic N) is 1. The second kappa shape index (κ2) is 6.34. The molecule has 0 spiro atoms. The lowest BCUT2D eigenvalue weighted by molar-refractivity contribution is 0.101. The number of para-hydroxylation sites is 1. The van der Waals surface area contributed by atoms with E-state index in [9.17, 15) is 13.2 Å². The molecule has 7 heteroatoms. The predicted octanol–water partition coefficient (Wildman–Crippen LogP) is 2.64. The standard InChI is InChI=1S/C18H19N3O3S/c1-3-12-8-9-14(11-17(12)25(19,23)24)20-18(22)16-10-13-6-4-5-7-15(13)21(16)2/h4-11H,3H2,1-2H3,(H,20,22)(H2,19,23,24). The number of amides is 1. The quantitative estimate of drug-likeness (QED) is 0.751. The molecule has 1 amide bonds. The number of rotatable bonds is 4. The Morgan fingerprint density at radius 1 is 1.16 bits per heavy atom. The van der Waals surface area contributed by atoms with Crippen LogP contribution in [0.2, 0.25) is 0 Å². The highest BCUT2D eigenvalue weighted by molar-refractivity contribution is 7.89. The minimum Gasteiger partial charge on any atom is -0.340 e. The van der Waals surface area contributed by atoms with Gasteiger partial charge in [0.25, 0.3) is 5.91 Å². The van der Waals surface area contributed by atoms with E-state index in [1.807, 2.05) is 38.2 Å². The summed E-state index contributed by atoms with van der Waals surface area (Å²) in [7, 11) is -2.04. The molecule has 6 nitrogen and oxygen atoms in total. The van der Waals surface area contributed by atoms with Crippen LogP contribution in [0.4, 0.5) is 5.69 Å². The molecule has 2 aromatic carbocycles. The van der Waals surface area contributed by atoms with Gasteiger partial charge in [-0.3, -0.25) is 4.79 Å². The average molecular weight is 357 g/mol.